The Kier molecular flexibility index (Phi) is 55.2. The van der Waals surface area contributed by atoms with E-state index in [1.807, 2.05) is 0 Å². The molecule has 4 heteroatoms. The Bertz CT molecular complexity index is 932. The van der Waals surface area contributed by atoms with Gasteiger partial charge in [0.15, 0.2) is 0 Å². The molecule has 64 heavy (non-hydrogen) atoms. The molecule has 3 N–H and O–H groups in total. The second kappa shape index (κ2) is 56.2. The first-order valence-electron chi connectivity index (χ1n) is 29.5. The Labute approximate surface area is 402 Å². The maximum atomic E-state index is 12.5. The van der Waals surface area contributed by atoms with Crippen molar-refractivity contribution in [3.05, 3.63) is 24.3 Å². The number of hydrogen-bond donors (Lipinski definition) is 3. The standard InChI is InChI=1S/C60H117NO3/c1-3-5-7-9-11-13-15-17-19-21-23-25-27-28-29-30-31-32-34-36-38-40-42-44-46-48-50-52-54-56-60(64)61-58(57-62)59(63)55-53-51-49-47-45-43-41-39-37-35-33-26-24-22-20-18-16-14-12-10-8-6-4-2/h15,17,21,23,58-59,62-63H,3-14,16,18-20,22,24-57H2,1-2H3,(H,61,64)/b17-15-,23-21-. The van der Waals surface area contributed by atoms with E-state index in [1.54, 1.807) is 0 Å². The van der Waals surface area contributed by atoms with Crippen LogP contribution in [0.5, 0.6) is 0 Å². The Hall–Kier alpha value is -1.13. The van der Waals surface area contributed by atoms with Crippen molar-refractivity contribution in [2.75, 3.05) is 6.61 Å². The zero-order chi connectivity index (χ0) is 46.3. The van der Waals surface area contributed by atoms with Crippen LogP contribution in [0.1, 0.15) is 335 Å². The monoisotopic (exact) mass is 900 g/mol. The second-order valence-electron chi connectivity index (χ2n) is 20.4. The van der Waals surface area contributed by atoms with Gasteiger partial charge in [-0.05, 0) is 44.9 Å². The highest BCUT2D eigenvalue weighted by Gasteiger charge is 2.20. The molecule has 0 radical (unpaired) electrons. The average Bonchev–Trinajstić information content (AvgIpc) is 3.30. The molecule has 0 saturated heterocycles. The Balaban J connectivity index is 3.42. The number of hydrogen-bond acceptors (Lipinski definition) is 3. The lowest BCUT2D eigenvalue weighted by Gasteiger charge is -2.22. The summed E-state index contributed by atoms with van der Waals surface area (Å²) in [6, 6.07) is -0.535. The fraction of sp³-hybridized carbons (Fsp3) is 0.917. The molecule has 0 aliphatic carbocycles. The summed E-state index contributed by atoms with van der Waals surface area (Å²) in [6.45, 7) is 4.39. The maximum Gasteiger partial charge on any atom is 0.220 e. The topological polar surface area (TPSA) is 69.6 Å². The Morgan fingerprint density at radius 1 is 0.375 bits per heavy atom. The molecule has 0 aromatic heterocycles. The number of aliphatic hydroxyl groups is 2. The van der Waals surface area contributed by atoms with E-state index in [4.69, 9.17) is 0 Å². The summed E-state index contributed by atoms with van der Waals surface area (Å²) in [4.78, 5) is 12.5. The molecule has 4 nitrogen and oxygen atoms in total. The number of aliphatic hydroxyl groups excluding tert-OH is 2. The van der Waals surface area contributed by atoms with Crippen LogP contribution in [0.4, 0.5) is 0 Å². The third-order valence-corrected chi connectivity index (χ3v) is 14.0. The van der Waals surface area contributed by atoms with E-state index in [0.29, 0.717) is 12.8 Å². The molecule has 0 aliphatic rings. The van der Waals surface area contributed by atoms with E-state index in [0.717, 1.165) is 32.1 Å². The van der Waals surface area contributed by atoms with Gasteiger partial charge in [-0.1, -0.05) is 308 Å². The third kappa shape index (κ3) is 51.8. The van der Waals surface area contributed by atoms with Gasteiger partial charge in [0.2, 0.25) is 5.91 Å². The van der Waals surface area contributed by atoms with Gasteiger partial charge in [0, 0.05) is 6.42 Å². The molecule has 0 heterocycles. The van der Waals surface area contributed by atoms with Gasteiger partial charge in [0.05, 0.1) is 18.8 Å². The highest BCUT2D eigenvalue weighted by atomic mass is 16.3. The number of unbranched alkanes of at least 4 members (excludes halogenated alkanes) is 44. The molecule has 2 atom stereocenters. The molecule has 0 saturated carbocycles. The fourth-order valence-corrected chi connectivity index (χ4v) is 9.45. The number of nitrogens with one attached hydrogen (secondary N) is 1. The van der Waals surface area contributed by atoms with Crippen LogP contribution in [0.3, 0.4) is 0 Å². The molecular weight excluding hydrogens is 783 g/mol. The summed E-state index contributed by atoms with van der Waals surface area (Å²) >= 11 is 0. The van der Waals surface area contributed by atoms with Crippen molar-refractivity contribution >= 4 is 5.91 Å². The molecule has 0 rings (SSSR count). The maximum absolute atomic E-state index is 12.5. The highest BCUT2D eigenvalue weighted by molar-refractivity contribution is 5.76. The lowest BCUT2D eigenvalue weighted by Crippen LogP contribution is -2.45. The van der Waals surface area contributed by atoms with Gasteiger partial charge in [-0.3, -0.25) is 4.79 Å². The molecule has 380 valence electrons. The molecule has 2 unspecified atom stereocenters. The lowest BCUT2D eigenvalue weighted by molar-refractivity contribution is -0.123. The van der Waals surface area contributed by atoms with Crippen molar-refractivity contribution in [3.8, 4) is 0 Å². The zero-order valence-corrected chi connectivity index (χ0v) is 43.8. The first kappa shape index (κ1) is 62.9. The van der Waals surface area contributed by atoms with Gasteiger partial charge >= 0.3 is 0 Å². The molecule has 0 bridgehead atoms. The van der Waals surface area contributed by atoms with E-state index in [-0.39, 0.29) is 12.5 Å². The minimum absolute atomic E-state index is 0.0247. The van der Waals surface area contributed by atoms with Crippen LogP contribution >= 0.6 is 0 Å². The number of allylic oxidation sites excluding steroid dienone is 4. The zero-order valence-electron chi connectivity index (χ0n) is 43.8. The summed E-state index contributed by atoms with van der Waals surface area (Å²) in [5, 5.41) is 23.4. The van der Waals surface area contributed by atoms with Crippen LogP contribution in [0.25, 0.3) is 0 Å². The second-order valence-corrected chi connectivity index (χ2v) is 20.4. The minimum atomic E-state index is -0.658. The molecule has 0 fully saturated rings. The van der Waals surface area contributed by atoms with E-state index in [9.17, 15) is 15.0 Å². The molecule has 1 amide bonds. The molecule has 0 aliphatic heterocycles. The Morgan fingerprint density at radius 3 is 0.938 bits per heavy atom. The van der Waals surface area contributed by atoms with Crippen molar-refractivity contribution in [3.63, 3.8) is 0 Å². The first-order valence-corrected chi connectivity index (χ1v) is 29.5. The number of carbonyl (C=O) groups excluding carboxylic acids is 1. The van der Waals surface area contributed by atoms with E-state index >= 15 is 0 Å². The van der Waals surface area contributed by atoms with Crippen LogP contribution in [0.2, 0.25) is 0 Å². The van der Waals surface area contributed by atoms with Gasteiger partial charge < -0.3 is 15.5 Å². The van der Waals surface area contributed by atoms with Gasteiger partial charge in [-0.15, -0.1) is 0 Å². The van der Waals surface area contributed by atoms with Crippen LogP contribution in [0, 0.1) is 0 Å². The summed E-state index contributed by atoms with van der Waals surface area (Å²) in [5.41, 5.74) is 0. The minimum Gasteiger partial charge on any atom is -0.394 e. The SMILES string of the molecule is CCCCCCC/C=C\C/C=C\CCCCCCCCCCCCCCCCCCCC(=O)NC(CO)C(O)CCCCCCCCCCCCCCCCCCCCCCCCC. The predicted molar refractivity (Wildman–Crippen MR) is 286 cm³/mol. The quantitative estimate of drug-likeness (QED) is 0.0421. The molecule has 0 spiro atoms. The molecule has 0 aromatic rings. The van der Waals surface area contributed by atoms with Crippen LogP contribution in [-0.4, -0.2) is 34.9 Å². The van der Waals surface area contributed by atoms with Gasteiger partial charge in [-0.25, -0.2) is 0 Å². The van der Waals surface area contributed by atoms with E-state index in [2.05, 4.69) is 43.5 Å². The number of amides is 1. The van der Waals surface area contributed by atoms with Crippen molar-refractivity contribution in [2.45, 2.75) is 347 Å². The lowest BCUT2D eigenvalue weighted by atomic mass is 10.0. The smallest absolute Gasteiger partial charge is 0.220 e. The van der Waals surface area contributed by atoms with Crippen LogP contribution < -0.4 is 5.32 Å². The molecule has 0 aromatic carbocycles. The summed E-state index contributed by atoms with van der Waals surface area (Å²) in [6.07, 6.45) is 74.6. The van der Waals surface area contributed by atoms with Crippen molar-refractivity contribution in [2.24, 2.45) is 0 Å². The fourth-order valence-electron chi connectivity index (χ4n) is 9.45. The largest absolute Gasteiger partial charge is 0.394 e. The molecular formula is C60H117NO3. The van der Waals surface area contributed by atoms with Crippen LogP contribution in [0.15, 0.2) is 24.3 Å². The summed E-state index contributed by atoms with van der Waals surface area (Å²) in [7, 11) is 0. The van der Waals surface area contributed by atoms with Crippen molar-refractivity contribution in [1.82, 2.24) is 5.32 Å². The van der Waals surface area contributed by atoms with Crippen molar-refractivity contribution in [1.29, 1.82) is 0 Å². The summed E-state index contributed by atoms with van der Waals surface area (Å²) in [5.74, 6) is -0.0247. The number of carbonyl (C=O) groups is 1. The summed E-state index contributed by atoms with van der Waals surface area (Å²) < 4.78 is 0. The van der Waals surface area contributed by atoms with E-state index < -0.39 is 12.1 Å². The predicted octanol–water partition coefficient (Wildman–Crippen LogP) is 19.5. The number of rotatable bonds is 55. The first-order chi connectivity index (χ1) is 31.7. The Morgan fingerprint density at radius 2 is 0.641 bits per heavy atom. The highest BCUT2D eigenvalue weighted by Crippen LogP contribution is 2.18. The third-order valence-electron chi connectivity index (χ3n) is 14.0. The normalized spacial score (nSPS) is 12.9. The van der Waals surface area contributed by atoms with E-state index in [1.165, 1.54) is 276 Å². The average molecular weight is 901 g/mol. The van der Waals surface area contributed by atoms with Crippen molar-refractivity contribution < 1.29 is 15.0 Å². The van der Waals surface area contributed by atoms with Gasteiger partial charge in [0.1, 0.15) is 0 Å². The van der Waals surface area contributed by atoms with Crippen LogP contribution in [-0.2, 0) is 4.79 Å². The van der Waals surface area contributed by atoms with Gasteiger partial charge in [0.25, 0.3) is 0 Å². The van der Waals surface area contributed by atoms with Gasteiger partial charge in [-0.2, -0.15) is 0 Å².